The number of carbonyl (C=O) groups is 1. The summed E-state index contributed by atoms with van der Waals surface area (Å²) in [6, 6.07) is 12.8. The molecule has 34 heavy (non-hydrogen) atoms. The number of para-hydroxylation sites is 1. The molecule has 4 rings (SSSR count). The van der Waals surface area contributed by atoms with E-state index < -0.39 is 5.91 Å². The minimum absolute atomic E-state index is 0.0166. The highest BCUT2D eigenvalue weighted by molar-refractivity contribution is 5.95. The van der Waals surface area contributed by atoms with Gasteiger partial charge in [-0.25, -0.2) is 0 Å². The summed E-state index contributed by atoms with van der Waals surface area (Å²) in [6.45, 7) is 2.15. The van der Waals surface area contributed by atoms with Crippen LogP contribution in [0.1, 0.15) is 18.4 Å². The van der Waals surface area contributed by atoms with E-state index in [9.17, 15) is 9.90 Å². The Morgan fingerprint density at radius 2 is 1.85 bits per heavy atom. The van der Waals surface area contributed by atoms with Crippen LogP contribution in [-0.4, -0.2) is 60.6 Å². The molecule has 2 heterocycles. The normalized spacial score (nSPS) is 14.4. The fourth-order valence-corrected chi connectivity index (χ4v) is 3.90. The third kappa shape index (κ3) is 5.18. The van der Waals surface area contributed by atoms with Gasteiger partial charge in [-0.15, -0.1) is 10.2 Å². The van der Waals surface area contributed by atoms with Crippen molar-refractivity contribution in [1.29, 1.82) is 0 Å². The Hall–Kier alpha value is -3.92. The summed E-state index contributed by atoms with van der Waals surface area (Å²) < 4.78 is 12.2. The molecule has 0 atom stereocenters. The average molecular weight is 466 g/mol. The summed E-state index contributed by atoms with van der Waals surface area (Å²) in [7, 11) is 3.10. The van der Waals surface area contributed by atoms with Crippen molar-refractivity contribution in [2.75, 3.05) is 33.9 Å². The van der Waals surface area contributed by atoms with Gasteiger partial charge in [0.25, 0.3) is 0 Å². The van der Waals surface area contributed by atoms with Gasteiger partial charge in [0.15, 0.2) is 23.8 Å². The van der Waals surface area contributed by atoms with Crippen molar-refractivity contribution >= 4 is 28.7 Å². The first kappa shape index (κ1) is 23.2. The molecule has 1 amide bonds. The van der Waals surface area contributed by atoms with Crippen molar-refractivity contribution < 1.29 is 24.2 Å². The minimum Gasteiger partial charge on any atom is -0.493 e. The number of nitrogens with zero attached hydrogens (tertiary/aromatic N) is 5. The van der Waals surface area contributed by atoms with E-state index in [1.807, 2.05) is 24.3 Å². The van der Waals surface area contributed by atoms with Crippen LogP contribution in [0.25, 0.3) is 10.9 Å². The zero-order valence-electron chi connectivity index (χ0n) is 19.2. The van der Waals surface area contributed by atoms with Crippen molar-refractivity contribution in [1.82, 2.24) is 9.47 Å². The van der Waals surface area contributed by atoms with Crippen LogP contribution in [0.3, 0.4) is 0 Å². The van der Waals surface area contributed by atoms with Crippen LogP contribution in [0.2, 0.25) is 0 Å². The maximum absolute atomic E-state index is 12.2. The second-order valence-electron chi connectivity index (χ2n) is 7.80. The number of benzene rings is 2. The summed E-state index contributed by atoms with van der Waals surface area (Å²) in [5.74, 6) is 0.513. The molecule has 2 aromatic carbocycles. The fourth-order valence-electron chi connectivity index (χ4n) is 3.90. The van der Waals surface area contributed by atoms with Gasteiger partial charge in [-0.1, -0.05) is 23.4 Å². The van der Waals surface area contributed by atoms with Gasteiger partial charge >= 0.3 is 5.91 Å². The number of oxime groups is 1. The second-order valence-corrected chi connectivity index (χ2v) is 7.80. The molecular formula is C24H27N5O5. The van der Waals surface area contributed by atoms with Crippen molar-refractivity contribution in [2.45, 2.75) is 19.5 Å². The monoisotopic (exact) mass is 465 g/mol. The van der Waals surface area contributed by atoms with E-state index in [0.29, 0.717) is 23.7 Å². The van der Waals surface area contributed by atoms with Gasteiger partial charge in [0.1, 0.15) is 0 Å². The molecule has 0 aliphatic carbocycles. The smallest absolute Gasteiger partial charge is 0.304 e. The molecule has 1 fully saturated rings. The van der Waals surface area contributed by atoms with Gasteiger partial charge in [-0.05, 0) is 50.2 Å². The molecule has 10 heteroatoms. The molecule has 0 saturated carbocycles. The molecule has 1 saturated heterocycles. The van der Waals surface area contributed by atoms with Gasteiger partial charge < -0.3 is 19.4 Å². The first-order chi connectivity index (χ1) is 16.6. The Morgan fingerprint density at radius 3 is 2.62 bits per heavy atom. The van der Waals surface area contributed by atoms with E-state index in [0.717, 1.165) is 36.8 Å². The molecule has 3 aromatic rings. The number of amides is 1. The third-order valence-electron chi connectivity index (χ3n) is 5.59. The second kappa shape index (κ2) is 10.8. The molecule has 1 N–H and O–H groups in total. The molecule has 10 nitrogen and oxygen atoms in total. The van der Waals surface area contributed by atoms with Crippen molar-refractivity contribution in [3.63, 3.8) is 0 Å². The standard InChI is InChI=1S/C24H27N5O5/c1-32-20-10-9-17(13-21(20)33-2)14-25-34-15-22(30)26-27-23-18-7-3-4-8-19(18)29(24(23)31)16-28-11-5-6-12-28/h3-4,7-10,13-14,31H,5-6,11-12,15-16H2,1-2H3. The number of rotatable bonds is 9. The van der Waals surface area contributed by atoms with E-state index in [2.05, 4.69) is 20.3 Å². The lowest BCUT2D eigenvalue weighted by Crippen LogP contribution is -2.22. The molecule has 0 radical (unpaired) electrons. The topological polar surface area (TPSA) is 110 Å². The number of hydrogen-bond donors (Lipinski definition) is 1. The van der Waals surface area contributed by atoms with Crippen LogP contribution < -0.4 is 9.47 Å². The first-order valence-electron chi connectivity index (χ1n) is 10.9. The highest BCUT2D eigenvalue weighted by Gasteiger charge is 2.20. The zero-order chi connectivity index (χ0) is 23.9. The minimum atomic E-state index is -0.625. The molecule has 1 aliphatic rings. The van der Waals surface area contributed by atoms with Crippen molar-refractivity contribution in [2.24, 2.45) is 15.4 Å². The van der Waals surface area contributed by atoms with Crippen molar-refractivity contribution in [3.8, 4) is 17.4 Å². The fraction of sp³-hybridized carbons (Fsp3) is 0.333. The number of aromatic hydroxyl groups is 1. The molecule has 0 unspecified atom stereocenters. The molecular weight excluding hydrogens is 438 g/mol. The summed E-state index contributed by atoms with van der Waals surface area (Å²) >= 11 is 0. The van der Waals surface area contributed by atoms with Crippen LogP contribution in [-0.2, 0) is 16.3 Å². The summed E-state index contributed by atoms with van der Waals surface area (Å²) in [6.07, 6.45) is 3.75. The molecule has 0 spiro atoms. The summed E-state index contributed by atoms with van der Waals surface area (Å²) in [4.78, 5) is 19.5. The number of azo groups is 1. The lowest BCUT2D eigenvalue weighted by molar-refractivity contribution is -0.122. The largest absolute Gasteiger partial charge is 0.493 e. The first-order valence-corrected chi connectivity index (χ1v) is 10.9. The Kier molecular flexibility index (Phi) is 7.38. The van der Waals surface area contributed by atoms with Crippen LogP contribution in [0.4, 0.5) is 5.69 Å². The predicted molar refractivity (Wildman–Crippen MR) is 127 cm³/mol. The summed E-state index contributed by atoms with van der Waals surface area (Å²) in [5.41, 5.74) is 1.81. The van der Waals surface area contributed by atoms with E-state index in [-0.39, 0.29) is 18.2 Å². The van der Waals surface area contributed by atoms with E-state index in [1.165, 1.54) is 6.21 Å². The number of carbonyl (C=O) groups excluding carboxylic acids is 1. The van der Waals surface area contributed by atoms with E-state index in [1.54, 1.807) is 37.0 Å². The zero-order valence-corrected chi connectivity index (χ0v) is 19.2. The Morgan fingerprint density at radius 1 is 1.09 bits per heavy atom. The maximum atomic E-state index is 12.2. The lowest BCUT2D eigenvalue weighted by Gasteiger charge is -2.17. The summed E-state index contributed by atoms with van der Waals surface area (Å²) in [5, 5.41) is 23.1. The highest BCUT2D eigenvalue weighted by Crippen LogP contribution is 2.39. The number of fused-ring (bicyclic) bond motifs is 1. The quantitative estimate of drug-likeness (QED) is 0.290. The maximum Gasteiger partial charge on any atom is 0.304 e. The van der Waals surface area contributed by atoms with E-state index in [4.69, 9.17) is 14.3 Å². The van der Waals surface area contributed by atoms with Crippen LogP contribution in [0.5, 0.6) is 17.4 Å². The van der Waals surface area contributed by atoms with Gasteiger partial charge in [-0.2, -0.15) is 0 Å². The third-order valence-corrected chi connectivity index (χ3v) is 5.59. The lowest BCUT2D eigenvalue weighted by atomic mass is 10.2. The number of hydrogen-bond acceptors (Lipinski definition) is 8. The van der Waals surface area contributed by atoms with Crippen molar-refractivity contribution in [3.05, 3.63) is 48.0 Å². The van der Waals surface area contributed by atoms with E-state index >= 15 is 0 Å². The molecule has 178 valence electrons. The predicted octanol–water partition coefficient (Wildman–Crippen LogP) is 4.08. The van der Waals surface area contributed by atoms with Crippen LogP contribution >= 0.6 is 0 Å². The molecule has 1 aliphatic heterocycles. The number of methoxy groups -OCH3 is 2. The Bertz CT molecular complexity index is 1210. The number of ether oxygens (including phenoxy) is 2. The molecule has 0 bridgehead atoms. The van der Waals surface area contributed by atoms with Gasteiger partial charge in [0.05, 0.1) is 32.6 Å². The molecule has 1 aromatic heterocycles. The van der Waals surface area contributed by atoms with Gasteiger partial charge in [-0.3, -0.25) is 14.3 Å². The SMILES string of the molecule is COc1ccc(C=NOCC(=O)N=Nc2c(O)n(CN3CCCC3)c3ccccc23)cc1OC. The van der Waals surface area contributed by atoms with Gasteiger partial charge in [0.2, 0.25) is 5.88 Å². The van der Waals surface area contributed by atoms with Crippen LogP contribution in [0, 0.1) is 0 Å². The average Bonchev–Trinajstić information content (AvgIpc) is 3.47. The Labute approximate surface area is 197 Å². The Balaban J connectivity index is 1.40. The van der Waals surface area contributed by atoms with Crippen LogP contribution in [0.15, 0.2) is 57.8 Å². The number of aromatic nitrogens is 1. The highest BCUT2D eigenvalue weighted by atomic mass is 16.6. The number of likely N-dealkylation sites (tertiary alicyclic amines) is 1. The van der Waals surface area contributed by atoms with Gasteiger partial charge in [0, 0.05) is 10.9 Å².